The molecular formula is C17H35O2Zn-. The van der Waals surface area contributed by atoms with Crippen LogP contribution in [-0.4, -0.2) is 11.1 Å². The molecule has 3 heteroatoms. The van der Waals surface area contributed by atoms with Crippen molar-refractivity contribution >= 4 is 5.97 Å². The SMILES string of the molecule is CC(=O)O.[CH2-]CCCCCCCCCCCCCC.[Zn]. The van der Waals surface area contributed by atoms with Gasteiger partial charge in [0.25, 0.3) is 5.97 Å². The molecule has 0 rings (SSSR count). The maximum atomic E-state index is 9.00. The van der Waals surface area contributed by atoms with E-state index in [1.807, 2.05) is 0 Å². The van der Waals surface area contributed by atoms with Crippen molar-refractivity contribution in [3.05, 3.63) is 6.92 Å². The Hall–Kier alpha value is 0.0934. The van der Waals surface area contributed by atoms with E-state index in [4.69, 9.17) is 9.90 Å². The topological polar surface area (TPSA) is 37.3 Å². The number of carboxylic acids is 1. The van der Waals surface area contributed by atoms with Crippen LogP contribution in [0.3, 0.4) is 0 Å². The van der Waals surface area contributed by atoms with Crippen molar-refractivity contribution in [1.82, 2.24) is 0 Å². The zero-order chi connectivity index (χ0) is 14.8. The van der Waals surface area contributed by atoms with Gasteiger partial charge in [-0.2, -0.15) is 6.42 Å². The molecule has 0 amide bonds. The van der Waals surface area contributed by atoms with Gasteiger partial charge in [0.1, 0.15) is 0 Å². The molecule has 0 aliphatic heterocycles. The first-order valence-electron chi connectivity index (χ1n) is 8.13. The van der Waals surface area contributed by atoms with E-state index in [0.717, 1.165) is 13.3 Å². The smallest absolute Gasteiger partial charge is 0.300 e. The third kappa shape index (κ3) is 36.1. The van der Waals surface area contributed by atoms with Gasteiger partial charge in [-0.15, -0.1) is 0 Å². The summed E-state index contributed by atoms with van der Waals surface area (Å²) in [5.41, 5.74) is 0. The molecule has 0 atom stereocenters. The summed E-state index contributed by atoms with van der Waals surface area (Å²) >= 11 is 0. The third-order valence-corrected chi connectivity index (χ3v) is 3.10. The van der Waals surface area contributed by atoms with Gasteiger partial charge in [0.2, 0.25) is 0 Å². The molecule has 0 saturated heterocycles. The Bertz CT molecular complexity index is 156. The minimum atomic E-state index is -0.833. The van der Waals surface area contributed by atoms with Crippen LogP contribution in [0, 0.1) is 6.92 Å². The molecule has 0 aromatic heterocycles. The molecule has 2 nitrogen and oxygen atoms in total. The molecule has 0 bridgehead atoms. The zero-order valence-electron chi connectivity index (χ0n) is 14.0. The average Bonchev–Trinajstić information content (AvgIpc) is 2.35. The molecule has 0 radical (unpaired) electrons. The van der Waals surface area contributed by atoms with E-state index in [-0.39, 0.29) is 19.5 Å². The fourth-order valence-corrected chi connectivity index (χ4v) is 2.02. The molecule has 1 N–H and O–H groups in total. The molecule has 0 aliphatic rings. The van der Waals surface area contributed by atoms with Gasteiger partial charge in [-0.05, 0) is 0 Å². The number of carboxylic acid groups (broad SMARTS) is 1. The normalized spacial score (nSPS) is 9.35. The summed E-state index contributed by atoms with van der Waals surface area (Å²) in [4.78, 5) is 9.00. The van der Waals surface area contributed by atoms with Gasteiger partial charge in [0.15, 0.2) is 0 Å². The number of unbranched alkanes of at least 4 members (excludes halogenated alkanes) is 12. The van der Waals surface area contributed by atoms with Crippen molar-refractivity contribution in [2.75, 3.05) is 0 Å². The quantitative estimate of drug-likeness (QED) is 0.269. The van der Waals surface area contributed by atoms with E-state index >= 15 is 0 Å². The molecule has 0 aromatic carbocycles. The number of carbonyl (C=O) groups is 1. The van der Waals surface area contributed by atoms with E-state index in [1.54, 1.807) is 0 Å². The molecule has 0 spiro atoms. The van der Waals surface area contributed by atoms with Crippen LogP contribution in [0.15, 0.2) is 0 Å². The van der Waals surface area contributed by atoms with Crippen LogP contribution >= 0.6 is 0 Å². The van der Waals surface area contributed by atoms with Crippen molar-refractivity contribution in [2.45, 2.75) is 97.3 Å². The van der Waals surface area contributed by atoms with Crippen molar-refractivity contribution in [3.8, 4) is 0 Å². The Morgan fingerprint density at radius 1 is 0.800 bits per heavy atom. The Kier molecular flexibility index (Phi) is 30.3. The molecule has 0 fully saturated rings. The molecule has 0 aliphatic carbocycles. The first-order valence-corrected chi connectivity index (χ1v) is 8.13. The standard InChI is InChI=1S/C15H31.C2H4O2.Zn/c1-3-5-7-9-11-13-15-14-12-10-8-6-4-2;1-2(3)4;/h1,3-15H2,2H3;1H3,(H,3,4);/q-1;;. The Morgan fingerprint density at radius 2 is 1.05 bits per heavy atom. The number of hydrogen-bond donors (Lipinski definition) is 1. The third-order valence-electron chi connectivity index (χ3n) is 3.10. The van der Waals surface area contributed by atoms with Crippen LogP contribution in [0.2, 0.25) is 0 Å². The fraction of sp³-hybridized carbons (Fsp3) is 0.882. The van der Waals surface area contributed by atoms with Crippen LogP contribution in [0.4, 0.5) is 0 Å². The summed E-state index contributed by atoms with van der Waals surface area (Å²) in [6.45, 7) is 7.24. The number of hydrogen-bond acceptors (Lipinski definition) is 1. The van der Waals surface area contributed by atoms with Crippen LogP contribution < -0.4 is 0 Å². The van der Waals surface area contributed by atoms with Gasteiger partial charge in [-0.3, -0.25) is 4.79 Å². The van der Waals surface area contributed by atoms with Gasteiger partial charge in [-0.1, -0.05) is 84.0 Å². The van der Waals surface area contributed by atoms with Gasteiger partial charge < -0.3 is 12.0 Å². The van der Waals surface area contributed by atoms with Gasteiger partial charge in [-0.25, -0.2) is 0 Å². The van der Waals surface area contributed by atoms with E-state index in [2.05, 4.69) is 13.8 Å². The minimum Gasteiger partial charge on any atom is -0.481 e. The monoisotopic (exact) mass is 335 g/mol. The van der Waals surface area contributed by atoms with E-state index in [0.29, 0.717) is 0 Å². The Morgan fingerprint density at radius 3 is 1.30 bits per heavy atom. The van der Waals surface area contributed by atoms with E-state index in [1.165, 1.54) is 77.0 Å². The van der Waals surface area contributed by atoms with Crippen molar-refractivity contribution in [3.63, 3.8) is 0 Å². The predicted molar refractivity (Wildman–Crippen MR) is 84.4 cm³/mol. The second kappa shape index (κ2) is 24.1. The number of rotatable bonds is 12. The van der Waals surface area contributed by atoms with Crippen LogP contribution in [0.1, 0.15) is 97.3 Å². The zero-order valence-corrected chi connectivity index (χ0v) is 16.9. The molecule has 20 heavy (non-hydrogen) atoms. The van der Waals surface area contributed by atoms with Crippen molar-refractivity contribution in [2.24, 2.45) is 0 Å². The van der Waals surface area contributed by atoms with Gasteiger partial charge >= 0.3 is 0 Å². The van der Waals surface area contributed by atoms with Crippen molar-refractivity contribution in [1.29, 1.82) is 0 Å². The van der Waals surface area contributed by atoms with Gasteiger partial charge in [0.05, 0.1) is 0 Å². The Labute approximate surface area is 139 Å². The fourth-order valence-electron chi connectivity index (χ4n) is 2.02. The summed E-state index contributed by atoms with van der Waals surface area (Å²) in [6, 6.07) is 0. The van der Waals surface area contributed by atoms with Crippen LogP contribution in [-0.2, 0) is 24.3 Å². The molecule has 0 aromatic rings. The maximum Gasteiger partial charge on any atom is 0.300 e. The van der Waals surface area contributed by atoms with E-state index < -0.39 is 5.97 Å². The largest absolute Gasteiger partial charge is 0.481 e. The predicted octanol–water partition coefficient (Wildman–Crippen LogP) is 6.00. The van der Waals surface area contributed by atoms with E-state index in [9.17, 15) is 0 Å². The molecule has 0 heterocycles. The summed E-state index contributed by atoms with van der Waals surface area (Å²) in [5.74, 6) is -0.833. The average molecular weight is 337 g/mol. The van der Waals surface area contributed by atoms with Gasteiger partial charge in [0, 0.05) is 26.4 Å². The molecule has 118 valence electrons. The Balaban J connectivity index is -0.000000508. The number of aliphatic carboxylic acids is 1. The molecular weight excluding hydrogens is 302 g/mol. The first-order chi connectivity index (χ1) is 9.15. The maximum absolute atomic E-state index is 9.00. The summed E-state index contributed by atoms with van der Waals surface area (Å²) in [7, 11) is 0. The second-order valence-corrected chi connectivity index (χ2v) is 5.26. The molecule has 0 saturated carbocycles. The van der Waals surface area contributed by atoms with Crippen molar-refractivity contribution < 1.29 is 29.4 Å². The van der Waals surface area contributed by atoms with Crippen LogP contribution in [0.25, 0.3) is 0 Å². The first kappa shape index (κ1) is 25.1. The summed E-state index contributed by atoms with van der Waals surface area (Å²) < 4.78 is 0. The minimum absolute atomic E-state index is 0. The second-order valence-electron chi connectivity index (χ2n) is 5.26. The summed E-state index contributed by atoms with van der Waals surface area (Å²) in [5, 5.41) is 7.42. The van der Waals surface area contributed by atoms with Crippen LogP contribution in [0.5, 0.6) is 0 Å². The molecule has 0 unspecified atom stereocenters. The summed E-state index contributed by atoms with van der Waals surface area (Å²) in [6.07, 6.45) is 18.3.